The van der Waals surface area contributed by atoms with Crippen LogP contribution in [0, 0.1) is 0 Å². The lowest BCUT2D eigenvalue weighted by atomic mass is 9.88. The van der Waals surface area contributed by atoms with Gasteiger partial charge in [0.2, 0.25) is 0 Å². The number of aliphatic carboxylic acids is 1. The van der Waals surface area contributed by atoms with E-state index < -0.39 is 5.97 Å². The molecule has 1 aliphatic carbocycles. The molecular weight excluding hydrogens is 244 g/mol. The van der Waals surface area contributed by atoms with E-state index in [0.29, 0.717) is 17.9 Å². The van der Waals surface area contributed by atoms with Gasteiger partial charge in [-0.05, 0) is 41.7 Å². The number of fused-ring (bicyclic) bond motifs is 1. The maximum Gasteiger partial charge on any atom is 0.335 e. The van der Waals surface area contributed by atoms with E-state index in [9.17, 15) is 4.79 Å². The summed E-state index contributed by atoms with van der Waals surface area (Å²) < 4.78 is 10.5. The van der Waals surface area contributed by atoms with Gasteiger partial charge in [-0.15, -0.1) is 0 Å². The first-order chi connectivity index (χ1) is 9.06. The third-order valence-corrected chi connectivity index (χ3v) is 3.28. The van der Waals surface area contributed by atoms with Crippen molar-refractivity contribution < 1.29 is 19.4 Å². The quantitative estimate of drug-likeness (QED) is 0.846. The van der Waals surface area contributed by atoms with Crippen LogP contribution in [0.15, 0.2) is 29.9 Å². The second-order valence-corrected chi connectivity index (χ2v) is 4.36. The maximum absolute atomic E-state index is 10.9. The van der Waals surface area contributed by atoms with Crippen LogP contribution in [0.5, 0.6) is 11.5 Å². The number of hydrogen-bond donors (Lipinski definition) is 1. The van der Waals surface area contributed by atoms with Crippen molar-refractivity contribution in [2.75, 3.05) is 14.2 Å². The van der Waals surface area contributed by atoms with Gasteiger partial charge in [0.05, 0.1) is 19.8 Å². The molecule has 0 saturated heterocycles. The molecule has 1 N–H and O–H groups in total. The molecule has 0 saturated carbocycles. The molecule has 0 aliphatic heterocycles. The minimum Gasteiger partial charge on any atom is -0.493 e. The van der Waals surface area contributed by atoms with Crippen molar-refractivity contribution in [1.82, 2.24) is 0 Å². The number of methoxy groups -OCH3 is 2. The molecule has 100 valence electrons. The molecule has 0 heterocycles. The second kappa shape index (κ2) is 5.18. The van der Waals surface area contributed by atoms with Crippen LogP contribution < -0.4 is 9.47 Å². The lowest BCUT2D eigenvalue weighted by Gasteiger charge is -2.19. The van der Waals surface area contributed by atoms with Crippen molar-refractivity contribution in [3.63, 3.8) is 0 Å². The Hall–Kier alpha value is -2.23. The van der Waals surface area contributed by atoms with E-state index in [0.717, 1.165) is 23.1 Å². The van der Waals surface area contributed by atoms with Crippen LogP contribution in [0.3, 0.4) is 0 Å². The smallest absolute Gasteiger partial charge is 0.335 e. The van der Waals surface area contributed by atoms with Crippen molar-refractivity contribution in [2.24, 2.45) is 0 Å². The van der Waals surface area contributed by atoms with Crippen LogP contribution in [-0.2, 0) is 11.2 Å². The zero-order valence-corrected chi connectivity index (χ0v) is 11.0. The molecule has 4 heteroatoms. The number of hydrogen-bond acceptors (Lipinski definition) is 3. The van der Waals surface area contributed by atoms with Gasteiger partial charge in [-0.3, -0.25) is 0 Å². The minimum atomic E-state index is -0.977. The number of ether oxygens (including phenoxy) is 2. The molecule has 0 spiro atoms. The van der Waals surface area contributed by atoms with Gasteiger partial charge in [0.15, 0.2) is 11.5 Å². The second-order valence-electron chi connectivity index (χ2n) is 4.36. The van der Waals surface area contributed by atoms with E-state index in [-0.39, 0.29) is 5.57 Å². The van der Waals surface area contributed by atoms with Gasteiger partial charge in [-0.25, -0.2) is 4.79 Å². The molecule has 0 amide bonds. The Morgan fingerprint density at radius 1 is 1.21 bits per heavy atom. The summed E-state index contributed by atoms with van der Waals surface area (Å²) in [5, 5.41) is 8.98. The summed E-state index contributed by atoms with van der Waals surface area (Å²) in [5.74, 6) is 0.352. The Morgan fingerprint density at radius 2 is 1.84 bits per heavy atom. The number of carbonyl (C=O) groups is 1. The fourth-order valence-electron chi connectivity index (χ4n) is 2.19. The summed E-state index contributed by atoms with van der Waals surface area (Å²) in [4.78, 5) is 10.9. The third kappa shape index (κ3) is 2.47. The molecule has 0 fully saturated rings. The Balaban J connectivity index is 2.45. The van der Waals surface area contributed by atoms with E-state index in [4.69, 9.17) is 14.6 Å². The summed E-state index contributed by atoms with van der Waals surface area (Å²) in [6, 6.07) is 3.80. The first-order valence-electron chi connectivity index (χ1n) is 5.95. The predicted octanol–water partition coefficient (Wildman–Crippen LogP) is 2.67. The van der Waals surface area contributed by atoms with Gasteiger partial charge >= 0.3 is 5.97 Å². The molecule has 0 atom stereocenters. The van der Waals surface area contributed by atoms with Crippen molar-refractivity contribution in [1.29, 1.82) is 0 Å². The number of carboxylic acids is 1. The van der Waals surface area contributed by atoms with E-state index in [2.05, 4.69) is 6.58 Å². The van der Waals surface area contributed by atoms with E-state index in [1.165, 1.54) is 0 Å². The first kappa shape index (κ1) is 13.2. The van der Waals surface area contributed by atoms with Gasteiger partial charge in [0.1, 0.15) is 0 Å². The van der Waals surface area contributed by atoms with Gasteiger partial charge in [0, 0.05) is 0 Å². The maximum atomic E-state index is 10.9. The largest absolute Gasteiger partial charge is 0.493 e. The highest BCUT2D eigenvalue weighted by molar-refractivity contribution is 5.93. The molecule has 0 radical (unpaired) electrons. The summed E-state index contributed by atoms with van der Waals surface area (Å²) >= 11 is 0. The highest BCUT2D eigenvalue weighted by atomic mass is 16.5. The lowest BCUT2D eigenvalue weighted by molar-refractivity contribution is -0.132. The molecule has 19 heavy (non-hydrogen) atoms. The van der Waals surface area contributed by atoms with E-state index in [1.54, 1.807) is 14.2 Å². The molecule has 0 aromatic heterocycles. The summed E-state index contributed by atoms with van der Waals surface area (Å²) in [5.41, 5.74) is 2.99. The summed E-state index contributed by atoms with van der Waals surface area (Å²) in [7, 11) is 3.18. The number of carboxylic acid groups (broad SMARTS) is 1. The normalized spacial score (nSPS) is 13.3. The van der Waals surface area contributed by atoms with Crippen molar-refractivity contribution in [3.8, 4) is 11.5 Å². The van der Waals surface area contributed by atoms with Gasteiger partial charge in [-0.1, -0.05) is 12.7 Å². The topological polar surface area (TPSA) is 55.8 Å². The highest BCUT2D eigenvalue weighted by Gasteiger charge is 2.18. The van der Waals surface area contributed by atoms with Crippen molar-refractivity contribution in [3.05, 3.63) is 41.0 Å². The van der Waals surface area contributed by atoms with Gasteiger partial charge < -0.3 is 14.6 Å². The number of aryl methyl sites for hydroxylation is 1. The standard InChI is InChI=1S/C15H16O4/c1-9(15(16)17)10-4-5-11-7-13(18-2)14(19-3)8-12(11)6-10/h6-8H,1,4-5H2,2-3H3,(H,16,17). The Bertz CT molecular complexity index is 570. The zero-order chi connectivity index (χ0) is 14.0. The highest BCUT2D eigenvalue weighted by Crippen LogP contribution is 2.36. The van der Waals surface area contributed by atoms with Crippen LogP contribution in [0.1, 0.15) is 17.5 Å². The minimum absolute atomic E-state index is 0.153. The molecule has 1 aromatic rings. The average Bonchev–Trinajstić information content (AvgIpc) is 2.44. The number of rotatable bonds is 4. The Kier molecular flexibility index (Phi) is 3.60. The summed E-state index contributed by atoms with van der Waals surface area (Å²) in [6.07, 6.45) is 3.30. The SMILES string of the molecule is C=C(C(=O)O)C1=Cc2cc(OC)c(OC)cc2CC1. The molecular formula is C15H16O4. The van der Waals surface area contributed by atoms with Crippen molar-refractivity contribution in [2.45, 2.75) is 12.8 Å². The molecule has 1 aromatic carbocycles. The average molecular weight is 260 g/mol. The molecule has 0 bridgehead atoms. The molecule has 1 aliphatic rings. The molecule has 0 unspecified atom stereocenters. The number of benzene rings is 1. The third-order valence-electron chi connectivity index (χ3n) is 3.28. The first-order valence-corrected chi connectivity index (χ1v) is 5.95. The molecule has 2 rings (SSSR count). The fraction of sp³-hybridized carbons (Fsp3) is 0.267. The summed E-state index contributed by atoms with van der Waals surface area (Å²) in [6.45, 7) is 3.60. The van der Waals surface area contributed by atoms with Crippen LogP contribution in [0.2, 0.25) is 0 Å². The van der Waals surface area contributed by atoms with Crippen LogP contribution in [-0.4, -0.2) is 25.3 Å². The monoisotopic (exact) mass is 260 g/mol. The van der Waals surface area contributed by atoms with E-state index >= 15 is 0 Å². The van der Waals surface area contributed by atoms with Crippen molar-refractivity contribution >= 4 is 12.0 Å². The molecule has 4 nitrogen and oxygen atoms in total. The fourth-order valence-corrected chi connectivity index (χ4v) is 2.19. The predicted molar refractivity (Wildman–Crippen MR) is 72.6 cm³/mol. The van der Waals surface area contributed by atoms with E-state index in [1.807, 2.05) is 18.2 Å². The van der Waals surface area contributed by atoms with Crippen LogP contribution in [0.4, 0.5) is 0 Å². The Morgan fingerprint density at radius 3 is 2.42 bits per heavy atom. The van der Waals surface area contributed by atoms with Gasteiger partial charge in [-0.2, -0.15) is 0 Å². The van der Waals surface area contributed by atoms with Crippen LogP contribution in [0.25, 0.3) is 6.08 Å². The van der Waals surface area contributed by atoms with Crippen LogP contribution >= 0.6 is 0 Å². The zero-order valence-electron chi connectivity index (χ0n) is 11.0. The van der Waals surface area contributed by atoms with Gasteiger partial charge in [0.25, 0.3) is 0 Å². The lowest BCUT2D eigenvalue weighted by Crippen LogP contribution is -2.07. The Labute approximate surface area is 112 Å².